The van der Waals surface area contributed by atoms with Crippen molar-refractivity contribution in [3.63, 3.8) is 0 Å². The Hall–Kier alpha value is -2.99. The van der Waals surface area contributed by atoms with Gasteiger partial charge in [-0.15, -0.1) is 0 Å². The SMILES string of the molecule is c1cc2cc(c1)Nc1nccc(n1)-c1ccnc(c1)NCCNC2. The fourth-order valence-corrected chi connectivity index (χ4v) is 2.67. The van der Waals surface area contributed by atoms with E-state index >= 15 is 0 Å². The van der Waals surface area contributed by atoms with Crippen LogP contribution in [0, 0.1) is 0 Å². The number of aromatic nitrogens is 3. The first kappa shape index (κ1) is 14.6. The fraction of sp³-hybridized carbons (Fsp3) is 0.167. The van der Waals surface area contributed by atoms with E-state index in [1.807, 2.05) is 30.3 Å². The molecule has 0 aliphatic carbocycles. The van der Waals surface area contributed by atoms with Gasteiger partial charge in [0, 0.05) is 43.3 Å². The zero-order valence-electron chi connectivity index (χ0n) is 13.2. The summed E-state index contributed by atoms with van der Waals surface area (Å²) in [5, 5.41) is 10.0. The third-order valence-electron chi connectivity index (χ3n) is 3.83. The molecule has 3 heterocycles. The summed E-state index contributed by atoms with van der Waals surface area (Å²) in [6.07, 6.45) is 3.56. The number of fused-ring (bicyclic) bond motifs is 7. The van der Waals surface area contributed by atoms with Crippen LogP contribution in [0.2, 0.25) is 0 Å². The first-order chi connectivity index (χ1) is 11.9. The first-order valence-electron chi connectivity index (χ1n) is 7.97. The van der Waals surface area contributed by atoms with Crippen LogP contribution >= 0.6 is 0 Å². The van der Waals surface area contributed by atoms with Gasteiger partial charge in [-0.05, 0) is 35.9 Å². The fourth-order valence-electron chi connectivity index (χ4n) is 2.67. The maximum atomic E-state index is 4.62. The van der Waals surface area contributed by atoms with Gasteiger partial charge in [0.05, 0.1) is 5.69 Å². The number of anilines is 3. The van der Waals surface area contributed by atoms with Gasteiger partial charge in [0.15, 0.2) is 0 Å². The van der Waals surface area contributed by atoms with Crippen molar-refractivity contribution >= 4 is 17.5 Å². The van der Waals surface area contributed by atoms with E-state index in [4.69, 9.17) is 0 Å². The number of pyridine rings is 1. The third kappa shape index (κ3) is 3.33. The van der Waals surface area contributed by atoms with Crippen LogP contribution in [0.1, 0.15) is 5.56 Å². The minimum absolute atomic E-state index is 0.582. The van der Waals surface area contributed by atoms with Gasteiger partial charge in [-0.1, -0.05) is 12.1 Å². The van der Waals surface area contributed by atoms with Gasteiger partial charge < -0.3 is 16.0 Å². The standard InChI is InChI=1S/C18H18N6/c1-2-13-10-15(3-1)23-18-22-7-5-16(24-18)14-4-6-20-17(11-14)21-9-8-19-12-13/h1-7,10-11,19H,8-9,12H2,(H,20,21)(H,22,23,24). The van der Waals surface area contributed by atoms with E-state index in [0.29, 0.717) is 5.95 Å². The summed E-state index contributed by atoms with van der Waals surface area (Å²) >= 11 is 0. The van der Waals surface area contributed by atoms with E-state index in [0.717, 1.165) is 42.4 Å². The van der Waals surface area contributed by atoms with Crippen molar-refractivity contribution in [1.29, 1.82) is 0 Å². The zero-order chi connectivity index (χ0) is 16.2. The summed E-state index contributed by atoms with van der Waals surface area (Å²) in [4.78, 5) is 13.3. The second kappa shape index (κ2) is 6.64. The van der Waals surface area contributed by atoms with Gasteiger partial charge in [-0.25, -0.2) is 15.0 Å². The average molecular weight is 318 g/mol. The molecule has 120 valence electrons. The Morgan fingerprint density at radius 3 is 2.88 bits per heavy atom. The van der Waals surface area contributed by atoms with Crippen LogP contribution in [-0.4, -0.2) is 28.0 Å². The molecule has 0 unspecified atom stereocenters. The highest BCUT2D eigenvalue weighted by molar-refractivity contribution is 5.64. The lowest BCUT2D eigenvalue weighted by atomic mass is 10.2. The molecule has 1 aliphatic rings. The van der Waals surface area contributed by atoms with Gasteiger partial charge in [0.1, 0.15) is 5.82 Å². The molecular weight excluding hydrogens is 300 g/mol. The van der Waals surface area contributed by atoms with Crippen molar-refractivity contribution < 1.29 is 0 Å². The Morgan fingerprint density at radius 2 is 1.88 bits per heavy atom. The molecule has 0 saturated carbocycles. The minimum Gasteiger partial charge on any atom is -0.369 e. The molecule has 24 heavy (non-hydrogen) atoms. The first-order valence-corrected chi connectivity index (χ1v) is 7.97. The highest BCUT2D eigenvalue weighted by atomic mass is 15.1. The molecule has 0 atom stereocenters. The summed E-state index contributed by atoms with van der Waals surface area (Å²) in [6, 6.07) is 14.1. The van der Waals surface area contributed by atoms with Crippen LogP contribution in [0.3, 0.4) is 0 Å². The van der Waals surface area contributed by atoms with E-state index in [9.17, 15) is 0 Å². The number of rotatable bonds is 0. The Morgan fingerprint density at radius 1 is 0.917 bits per heavy atom. The lowest BCUT2D eigenvalue weighted by molar-refractivity contribution is 0.706. The van der Waals surface area contributed by atoms with Crippen molar-refractivity contribution in [2.75, 3.05) is 23.7 Å². The second-order valence-corrected chi connectivity index (χ2v) is 5.62. The minimum atomic E-state index is 0.582. The lowest BCUT2D eigenvalue weighted by Crippen LogP contribution is -2.22. The van der Waals surface area contributed by atoms with Gasteiger partial charge in [0.25, 0.3) is 0 Å². The van der Waals surface area contributed by atoms with Crippen molar-refractivity contribution in [2.45, 2.75) is 6.54 Å². The number of nitrogens with zero attached hydrogens (tertiary/aromatic N) is 3. The van der Waals surface area contributed by atoms with E-state index in [1.165, 1.54) is 5.56 Å². The van der Waals surface area contributed by atoms with Crippen LogP contribution in [0.5, 0.6) is 0 Å². The molecule has 0 amide bonds. The number of benzene rings is 1. The highest BCUT2D eigenvalue weighted by Crippen LogP contribution is 2.21. The Labute approximate surface area is 140 Å². The predicted octanol–water partition coefficient (Wildman–Crippen LogP) is 2.80. The van der Waals surface area contributed by atoms with Crippen molar-refractivity contribution in [3.8, 4) is 11.3 Å². The maximum absolute atomic E-state index is 4.62. The third-order valence-corrected chi connectivity index (χ3v) is 3.83. The molecular formula is C18H18N6. The normalized spacial score (nSPS) is 13.8. The second-order valence-electron chi connectivity index (χ2n) is 5.62. The summed E-state index contributed by atoms with van der Waals surface area (Å²) in [7, 11) is 0. The summed E-state index contributed by atoms with van der Waals surface area (Å²) in [5.74, 6) is 1.43. The quantitative estimate of drug-likeness (QED) is 0.592. The van der Waals surface area contributed by atoms with Gasteiger partial charge >= 0.3 is 0 Å². The van der Waals surface area contributed by atoms with E-state index in [1.54, 1.807) is 12.4 Å². The number of hydrogen-bond donors (Lipinski definition) is 3. The van der Waals surface area contributed by atoms with Gasteiger partial charge in [-0.2, -0.15) is 0 Å². The summed E-state index contributed by atoms with van der Waals surface area (Å²) in [6.45, 7) is 2.48. The number of hydrogen-bond acceptors (Lipinski definition) is 6. The molecule has 0 saturated heterocycles. The molecule has 1 aromatic carbocycles. The molecule has 1 aliphatic heterocycles. The topological polar surface area (TPSA) is 74.8 Å². The molecule has 6 heteroatoms. The van der Waals surface area contributed by atoms with Gasteiger partial charge in [0.2, 0.25) is 5.95 Å². The molecule has 3 N–H and O–H groups in total. The van der Waals surface area contributed by atoms with Gasteiger partial charge in [-0.3, -0.25) is 0 Å². The smallest absolute Gasteiger partial charge is 0.227 e. The summed E-state index contributed by atoms with van der Waals surface area (Å²) in [5.41, 5.74) is 4.07. The summed E-state index contributed by atoms with van der Waals surface area (Å²) < 4.78 is 0. The maximum Gasteiger partial charge on any atom is 0.227 e. The van der Waals surface area contributed by atoms with E-state index < -0.39 is 0 Å². The molecule has 6 bridgehead atoms. The van der Waals surface area contributed by atoms with Crippen molar-refractivity contribution in [1.82, 2.24) is 20.3 Å². The largest absolute Gasteiger partial charge is 0.369 e. The highest BCUT2D eigenvalue weighted by Gasteiger charge is 2.06. The van der Waals surface area contributed by atoms with Crippen LogP contribution in [0.4, 0.5) is 17.5 Å². The predicted molar refractivity (Wildman–Crippen MR) is 95.2 cm³/mol. The average Bonchev–Trinajstić information content (AvgIpc) is 2.62. The molecule has 0 radical (unpaired) electrons. The van der Waals surface area contributed by atoms with E-state index in [-0.39, 0.29) is 0 Å². The molecule has 3 aromatic rings. The molecule has 0 spiro atoms. The Bertz CT molecular complexity index is 848. The molecule has 0 fully saturated rings. The van der Waals surface area contributed by atoms with Crippen LogP contribution in [0.15, 0.2) is 54.9 Å². The molecule has 6 nitrogen and oxygen atoms in total. The monoisotopic (exact) mass is 318 g/mol. The van der Waals surface area contributed by atoms with Crippen LogP contribution in [-0.2, 0) is 6.54 Å². The lowest BCUT2D eigenvalue weighted by Gasteiger charge is -2.08. The molecule has 4 rings (SSSR count). The van der Waals surface area contributed by atoms with Crippen molar-refractivity contribution in [3.05, 3.63) is 60.4 Å². The zero-order valence-corrected chi connectivity index (χ0v) is 13.2. The van der Waals surface area contributed by atoms with Crippen molar-refractivity contribution in [2.24, 2.45) is 0 Å². The Balaban J connectivity index is 1.73. The van der Waals surface area contributed by atoms with Crippen LogP contribution < -0.4 is 16.0 Å². The Kier molecular flexibility index (Phi) is 4.04. The van der Waals surface area contributed by atoms with Crippen LogP contribution in [0.25, 0.3) is 11.3 Å². The van der Waals surface area contributed by atoms with E-state index in [2.05, 4.69) is 43.0 Å². The molecule has 2 aromatic heterocycles. The number of nitrogens with one attached hydrogen (secondary N) is 3.